The van der Waals surface area contributed by atoms with Crippen LogP contribution in [0.4, 0.5) is 0 Å². The van der Waals surface area contributed by atoms with Crippen LogP contribution >= 0.6 is 0 Å². The molecule has 3 heteroatoms. The molecule has 126 valence electrons. The predicted octanol–water partition coefficient (Wildman–Crippen LogP) is 5.12. The molecular formula is C19H33NO2. The summed E-state index contributed by atoms with van der Waals surface area (Å²) in [7, 11) is 3.97. The normalized spacial score (nSPS) is 11.5. The first-order chi connectivity index (χ1) is 10.1. The minimum absolute atomic E-state index is 0.410. The van der Waals surface area contributed by atoms with E-state index in [0.29, 0.717) is 0 Å². The van der Waals surface area contributed by atoms with Crippen molar-refractivity contribution in [3.05, 3.63) is 36.4 Å². The molecule has 3 nitrogen and oxygen atoms in total. The van der Waals surface area contributed by atoms with Gasteiger partial charge in [0.25, 0.3) is 0 Å². The van der Waals surface area contributed by atoms with Crippen LogP contribution in [-0.4, -0.2) is 30.3 Å². The maximum atomic E-state index is 6.09. The molecule has 1 aromatic carbocycles. The molecule has 1 rings (SSSR count). The Balaban J connectivity index is 0.00000211. The van der Waals surface area contributed by atoms with Crippen molar-refractivity contribution >= 4 is 0 Å². The summed E-state index contributed by atoms with van der Waals surface area (Å²) < 4.78 is 12.2. The fourth-order valence-corrected chi connectivity index (χ4v) is 1.34. The van der Waals surface area contributed by atoms with Gasteiger partial charge < -0.3 is 9.47 Å². The third-order valence-corrected chi connectivity index (χ3v) is 3.68. The SMILES string of the molecule is C=C(C)C(C)(C)Oc1ccccc1OC(C)(C)N(C)C.CC. The molecule has 0 aliphatic carbocycles. The smallest absolute Gasteiger partial charge is 0.163 e. The molecule has 0 atom stereocenters. The number of benzene rings is 1. The number of nitrogens with zero attached hydrogens (tertiary/aromatic N) is 1. The van der Waals surface area contributed by atoms with Crippen molar-refractivity contribution in [2.45, 2.75) is 59.8 Å². The van der Waals surface area contributed by atoms with Crippen LogP contribution in [0.25, 0.3) is 0 Å². The fourth-order valence-electron chi connectivity index (χ4n) is 1.34. The van der Waals surface area contributed by atoms with E-state index in [1.165, 1.54) is 0 Å². The van der Waals surface area contributed by atoms with Gasteiger partial charge in [-0.15, -0.1) is 0 Å². The fraction of sp³-hybridized carbons (Fsp3) is 0.579. The third kappa shape index (κ3) is 5.72. The quantitative estimate of drug-likeness (QED) is 0.537. The second-order valence-corrected chi connectivity index (χ2v) is 6.28. The third-order valence-electron chi connectivity index (χ3n) is 3.68. The average Bonchev–Trinajstić information content (AvgIpc) is 2.42. The first-order valence-electron chi connectivity index (χ1n) is 7.87. The molecule has 0 N–H and O–H groups in total. The Morgan fingerprint density at radius 1 is 0.955 bits per heavy atom. The van der Waals surface area contributed by atoms with Crippen LogP contribution in [0, 0.1) is 0 Å². The lowest BCUT2D eigenvalue weighted by molar-refractivity contribution is -0.0271. The van der Waals surface area contributed by atoms with E-state index >= 15 is 0 Å². The number of hydrogen-bond acceptors (Lipinski definition) is 3. The Hall–Kier alpha value is -1.48. The Kier molecular flexibility index (Phi) is 7.68. The van der Waals surface area contributed by atoms with Gasteiger partial charge in [0.05, 0.1) is 0 Å². The van der Waals surface area contributed by atoms with E-state index in [2.05, 4.69) is 6.58 Å². The molecule has 0 fully saturated rings. The van der Waals surface area contributed by atoms with Gasteiger partial charge in [-0.3, -0.25) is 4.90 Å². The Labute approximate surface area is 136 Å². The van der Waals surface area contributed by atoms with Gasteiger partial charge in [0, 0.05) is 0 Å². The molecule has 0 unspecified atom stereocenters. The molecule has 0 spiro atoms. The van der Waals surface area contributed by atoms with Gasteiger partial charge in [0.1, 0.15) is 5.60 Å². The maximum Gasteiger partial charge on any atom is 0.163 e. The molecule has 0 aromatic heterocycles. The highest BCUT2D eigenvalue weighted by Gasteiger charge is 2.26. The van der Waals surface area contributed by atoms with Gasteiger partial charge in [-0.05, 0) is 66.4 Å². The highest BCUT2D eigenvalue weighted by Crippen LogP contribution is 2.34. The van der Waals surface area contributed by atoms with Gasteiger partial charge in [-0.2, -0.15) is 0 Å². The highest BCUT2D eigenvalue weighted by molar-refractivity contribution is 5.41. The minimum atomic E-state index is -0.429. The lowest BCUT2D eigenvalue weighted by Gasteiger charge is -2.35. The summed E-state index contributed by atoms with van der Waals surface area (Å²) in [5.41, 5.74) is 0.133. The van der Waals surface area contributed by atoms with Crippen LogP contribution in [0.15, 0.2) is 36.4 Å². The number of para-hydroxylation sites is 2. The predicted molar refractivity (Wildman–Crippen MR) is 95.7 cm³/mol. The van der Waals surface area contributed by atoms with E-state index in [4.69, 9.17) is 9.47 Å². The first-order valence-corrected chi connectivity index (χ1v) is 7.87. The van der Waals surface area contributed by atoms with E-state index < -0.39 is 11.3 Å². The van der Waals surface area contributed by atoms with Crippen LogP contribution in [0.1, 0.15) is 48.5 Å². The first kappa shape index (κ1) is 20.5. The van der Waals surface area contributed by atoms with Gasteiger partial charge in [-0.1, -0.05) is 32.6 Å². The molecule has 0 saturated heterocycles. The Morgan fingerprint density at radius 3 is 1.73 bits per heavy atom. The molecule has 0 saturated carbocycles. The summed E-state index contributed by atoms with van der Waals surface area (Å²) >= 11 is 0. The van der Waals surface area contributed by atoms with Crippen molar-refractivity contribution in [3.63, 3.8) is 0 Å². The van der Waals surface area contributed by atoms with E-state index in [1.54, 1.807) is 0 Å². The van der Waals surface area contributed by atoms with E-state index in [-0.39, 0.29) is 0 Å². The molecule has 0 bridgehead atoms. The second-order valence-electron chi connectivity index (χ2n) is 6.28. The van der Waals surface area contributed by atoms with Crippen molar-refractivity contribution in [2.24, 2.45) is 0 Å². The van der Waals surface area contributed by atoms with Gasteiger partial charge in [0.15, 0.2) is 17.2 Å². The van der Waals surface area contributed by atoms with Crippen molar-refractivity contribution in [1.82, 2.24) is 4.90 Å². The van der Waals surface area contributed by atoms with Crippen molar-refractivity contribution in [1.29, 1.82) is 0 Å². The monoisotopic (exact) mass is 307 g/mol. The maximum absolute atomic E-state index is 6.09. The summed E-state index contributed by atoms with van der Waals surface area (Å²) in [6, 6.07) is 7.74. The molecule has 22 heavy (non-hydrogen) atoms. The van der Waals surface area contributed by atoms with Crippen LogP contribution in [0.5, 0.6) is 11.5 Å². The molecule has 0 aliphatic rings. The summed E-state index contributed by atoms with van der Waals surface area (Å²) in [6.45, 7) is 18.0. The van der Waals surface area contributed by atoms with Crippen LogP contribution in [0.2, 0.25) is 0 Å². The largest absolute Gasteiger partial charge is 0.480 e. The van der Waals surface area contributed by atoms with E-state index in [1.807, 2.05) is 91.7 Å². The highest BCUT2D eigenvalue weighted by atomic mass is 16.6. The zero-order chi connectivity index (χ0) is 17.6. The van der Waals surface area contributed by atoms with Crippen LogP contribution in [-0.2, 0) is 0 Å². The minimum Gasteiger partial charge on any atom is -0.480 e. The molecule has 0 aliphatic heterocycles. The Bertz CT molecular complexity index is 476. The van der Waals surface area contributed by atoms with E-state index in [9.17, 15) is 0 Å². The van der Waals surface area contributed by atoms with Crippen molar-refractivity contribution in [2.75, 3.05) is 14.1 Å². The zero-order valence-electron chi connectivity index (χ0n) is 15.8. The number of ether oxygens (including phenoxy) is 2. The lowest BCUT2D eigenvalue weighted by atomic mass is 10.0. The Morgan fingerprint density at radius 2 is 1.36 bits per heavy atom. The molecule has 1 aromatic rings. The van der Waals surface area contributed by atoms with Crippen molar-refractivity contribution in [3.8, 4) is 11.5 Å². The molecule has 0 heterocycles. The topological polar surface area (TPSA) is 21.7 Å². The molecular weight excluding hydrogens is 274 g/mol. The summed E-state index contributed by atoms with van der Waals surface area (Å²) in [4.78, 5) is 2.02. The number of hydrogen-bond donors (Lipinski definition) is 0. The average molecular weight is 307 g/mol. The molecule has 0 radical (unpaired) electrons. The standard InChI is InChI=1S/C17H27NO2.C2H6/c1-13(2)16(3,4)19-14-11-9-10-12-15(14)20-17(5,6)18(7)8;1-2/h9-12H,1H2,2-8H3;1-2H3. The van der Waals surface area contributed by atoms with E-state index in [0.717, 1.165) is 17.1 Å². The summed E-state index contributed by atoms with van der Waals surface area (Å²) in [5.74, 6) is 1.47. The van der Waals surface area contributed by atoms with Gasteiger partial charge in [-0.25, -0.2) is 0 Å². The molecule has 0 amide bonds. The zero-order valence-corrected chi connectivity index (χ0v) is 15.8. The second kappa shape index (κ2) is 8.23. The van der Waals surface area contributed by atoms with Crippen molar-refractivity contribution < 1.29 is 9.47 Å². The van der Waals surface area contributed by atoms with Gasteiger partial charge in [0.2, 0.25) is 0 Å². The number of rotatable bonds is 6. The lowest BCUT2D eigenvalue weighted by Crippen LogP contribution is -2.43. The van der Waals surface area contributed by atoms with Gasteiger partial charge >= 0.3 is 0 Å². The van der Waals surface area contributed by atoms with Crippen LogP contribution in [0.3, 0.4) is 0 Å². The van der Waals surface area contributed by atoms with Crippen LogP contribution < -0.4 is 9.47 Å². The summed E-state index contributed by atoms with van der Waals surface area (Å²) in [6.07, 6.45) is 0. The summed E-state index contributed by atoms with van der Waals surface area (Å²) in [5, 5.41) is 0.